The lowest BCUT2D eigenvalue weighted by Gasteiger charge is -2.12. The maximum absolute atomic E-state index is 14.1. The molecule has 3 rings (SSSR count). The molecule has 2 aromatic heterocycles. The molecule has 12 heteroatoms. The van der Waals surface area contributed by atoms with Crippen molar-refractivity contribution in [2.45, 2.75) is 19.1 Å². The fraction of sp³-hybridized carbons (Fsp3) is 0.200. The highest BCUT2D eigenvalue weighted by Gasteiger charge is 2.32. The van der Waals surface area contributed by atoms with Crippen LogP contribution in [0.15, 0.2) is 24.4 Å². The third-order valence-electron chi connectivity index (χ3n) is 3.57. The second-order valence-corrected chi connectivity index (χ2v) is 5.84. The molecule has 0 spiro atoms. The van der Waals surface area contributed by atoms with Crippen LogP contribution in [0, 0.1) is 5.82 Å². The Balaban J connectivity index is 2.00. The van der Waals surface area contributed by atoms with E-state index in [-0.39, 0.29) is 23.0 Å². The van der Waals surface area contributed by atoms with E-state index < -0.39 is 40.3 Å². The number of fused-ring (bicyclic) bond motifs is 1. The smallest absolute Gasteiger partial charge is 0.416 e. The molecule has 1 N–H and O–H groups in total. The van der Waals surface area contributed by atoms with E-state index in [9.17, 15) is 22.4 Å². The third kappa shape index (κ3) is 3.63. The molecule has 0 aliphatic rings. The Morgan fingerprint density at radius 3 is 2.63 bits per heavy atom. The molecule has 0 saturated heterocycles. The molecule has 0 fully saturated rings. The maximum Gasteiger partial charge on any atom is 0.416 e. The number of hydrogen-bond donors (Lipinski definition) is 1. The Labute approximate surface area is 153 Å². The average molecular weight is 405 g/mol. The maximum atomic E-state index is 14.1. The molecule has 1 unspecified atom stereocenters. The monoisotopic (exact) mass is 404 g/mol. The van der Waals surface area contributed by atoms with Crippen LogP contribution in [0.2, 0.25) is 5.02 Å². The van der Waals surface area contributed by atoms with Gasteiger partial charge in [0, 0.05) is 6.07 Å². The first-order chi connectivity index (χ1) is 12.6. The van der Waals surface area contributed by atoms with E-state index in [4.69, 9.17) is 21.4 Å². The number of halogens is 5. The van der Waals surface area contributed by atoms with Gasteiger partial charge in [0.1, 0.15) is 17.3 Å². The molecule has 0 aliphatic heterocycles. The van der Waals surface area contributed by atoms with E-state index in [1.165, 1.54) is 13.0 Å². The van der Waals surface area contributed by atoms with Crippen LogP contribution in [0.4, 0.5) is 17.6 Å². The van der Waals surface area contributed by atoms with E-state index in [1.807, 2.05) is 0 Å². The molecule has 3 aromatic rings. The number of hydrogen-bond acceptors (Lipinski definition) is 5. The SMILES string of the molecule is CC(C(=O)O)n1nnc2ncc(Oc3c(F)cc(C(F)(F)F)cc3Cl)cc21. The Hall–Kier alpha value is -2.95. The normalized spacial score (nSPS) is 13.0. The number of aliphatic carboxylic acids is 1. The summed E-state index contributed by atoms with van der Waals surface area (Å²) in [7, 11) is 0. The van der Waals surface area contributed by atoms with Crippen LogP contribution < -0.4 is 4.74 Å². The number of aromatic nitrogens is 4. The molecular formula is C15H9ClF4N4O3. The molecule has 1 aromatic carbocycles. The van der Waals surface area contributed by atoms with Gasteiger partial charge in [0.15, 0.2) is 11.6 Å². The second kappa shape index (κ2) is 6.65. The lowest BCUT2D eigenvalue weighted by Crippen LogP contribution is -2.16. The van der Waals surface area contributed by atoms with Crippen molar-refractivity contribution in [3.8, 4) is 11.5 Å². The summed E-state index contributed by atoms with van der Waals surface area (Å²) in [4.78, 5) is 15.0. The first-order valence-electron chi connectivity index (χ1n) is 7.25. The number of alkyl halides is 3. The van der Waals surface area contributed by atoms with Crippen molar-refractivity contribution < 1.29 is 32.2 Å². The van der Waals surface area contributed by atoms with Crippen molar-refractivity contribution in [1.82, 2.24) is 20.0 Å². The van der Waals surface area contributed by atoms with Gasteiger partial charge in [-0.15, -0.1) is 5.10 Å². The molecule has 1 atom stereocenters. The minimum atomic E-state index is -4.77. The summed E-state index contributed by atoms with van der Waals surface area (Å²) < 4.78 is 58.4. The predicted octanol–water partition coefficient (Wildman–Crippen LogP) is 4.08. The van der Waals surface area contributed by atoms with Gasteiger partial charge in [0.25, 0.3) is 0 Å². The van der Waals surface area contributed by atoms with E-state index in [0.717, 1.165) is 10.9 Å². The van der Waals surface area contributed by atoms with E-state index in [2.05, 4.69) is 15.3 Å². The van der Waals surface area contributed by atoms with E-state index in [0.29, 0.717) is 6.07 Å². The minimum absolute atomic E-state index is 0.0933. The topological polar surface area (TPSA) is 90.1 Å². The molecule has 0 radical (unpaired) electrons. The highest BCUT2D eigenvalue weighted by Crippen LogP contribution is 2.38. The van der Waals surface area contributed by atoms with Crippen LogP contribution >= 0.6 is 11.6 Å². The van der Waals surface area contributed by atoms with Crippen LogP contribution in [0.3, 0.4) is 0 Å². The van der Waals surface area contributed by atoms with Gasteiger partial charge >= 0.3 is 12.1 Å². The van der Waals surface area contributed by atoms with Gasteiger partial charge in [-0.1, -0.05) is 16.8 Å². The molecule has 27 heavy (non-hydrogen) atoms. The number of benzene rings is 1. The van der Waals surface area contributed by atoms with E-state index >= 15 is 0 Å². The number of rotatable bonds is 4. The van der Waals surface area contributed by atoms with Gasteiger partial charge < -0.3 is 9.84 Å². The lowest BCUT2D eigenvalue weighted by molar-refractivity contribution is -0.140. The van der Waals surface area contributed by atoms with Crippen molar-refractivity contribution >= 4 is 28.7 Å². The van der Waals surface area contributed by atoms with Crippen molar-refractivity contribution in [2.75, 3.05) is 0 Å². The number of pyridine rings is 1. The quantitative estimate of drug-likeness (QED) is 0.659. The standard InChI is InChI=1S/C15H9ClF4N4O3/c1-6(14(25)26)24-11-4-8(5-21-13(11)22-23-24)27-12-9(16)2-7(3-10(12)17)15(18,19)20/h2-6H,1H3,(H,25,26). The molecule has 7 nitrogen and oxygen atoms in total. The minimum Gasteiger partial charge on any atom is -0.480 e. The Morgan fingerprint density at radius 2 is 2.04 bits per heavy atom. The molecule has 0 bridgehead atoms. The van der Waals surface area contributed by atoms with Gasteiger partial charge in [0.05, 0.1) is 16.8 Å². The zero-order valence-electron chi connectivity index (χ0n) is 13.3. The average Bonchev–Trinajstić information content (AvgIpc) is 2.99. The number of ether oxygens (including phenoxy) is 1. The van der Waals surface area contributed by atoms with Crippen molar-refractivity contribution in [3.05, 3.63) is 40.8 Å². The molecule has 0 aliphatic carbocycles. The zero-order chi connectivity index (χ0) is 19.9. The molecule has 2 heterocycles. The summed E-state index contributed by atoms with van der Waals surface area (Å²) >= 11 is 5.72. The fourth-order valence-corrected chi connectivity index (χ4v) is 2.44. The van der Waals surface area contributed by atoms with Crippen LogP contribution in [0.1, 0.15) is 18.5 Å². The molecule has 0 amide bonds. The summed E-state index contributed by atoms with van der Waals surface area (Å²) in [5.41, 5.74) is -0.983. The molecule has 0 saturated carbocycles. The first-order valence-corrected chi connectivity index (χ1v) is 7.63. The zero-order valence-corrected chi connectivity index (χ0v) is 14.1. The number of nitrogens with zero attached hydrogens (tertiary/aromatic N) is 4. The van der Waals surface area contributed by atoms with Gasteiger partial charge in [-0.3, -0.25) is 0 Å². The first kappa shape index (κ1) is 18.8. The van der Waals surface area contributed by atoms with Gasteiger partial charge in [0.2, 0.25) is 5.65 Å². The third-order valence-corrected chi connectivity index (χ3v) is 3.86. The van der Waals surface area contributed by atoms with Gasteiger partial charge in [-0.2, -0.15) is 13.2 Å². The van der Waals surface area contributed by atoms with Gasteiger partial charge in [-0.05, 0) is 19.1 Å². The number of carboxylic acid groups (broad SMARTS) is 1. The summed E-state index contributed by atoms with van der Waals surface area (Å²) in [6, 6.07) is 0.990. The van der Waals surface area contributed by atoms with Crippen LogP contribution in [0.5, 0.6) is 11.5 Å². The largest absolute Gasteiger partial charge is 0.480 e. The molecular weight excluding hydrogens is 396 g/mol. The summed E-state index contributed by atoms with van der Waals surface area (Å²) in [5, 5.41) is 15.9. The summed E-state index contributed by atoms with van der Waals surface area (Å²) in [6.07, 6.45) is -3.64. The Kier molecular flexibility index (Phi) is 4.64. The van der Waals surface area contributed by atoms with Crippen molar-refractivity contribution in [2.24, 2.45) is 0 Å². The van der Waals surface area contributed by atoms with E-state index in [1.54, 1.807) is 0 Å². The van der Waals surface area contributed by atoms with Gasteiger partial charge in [-0.25, -0.2) is 18.9 Å². The van der Waals surface area contributed by atoms with Crippen molar-refractivity contribution in [3.63, 3.8) is 0 Å². The fourth-order valence-electron chi connectivity index (χ4n) is 2.20. The Bertz CT molecular complexity index is 1010. The Morgan fingerprint density at radius 1 is 1.33 bits per heavy atom. The molecule has 142 valence electrons. The number of carbonyl (C=O) groups is 1. The van der Waals surface area contributed by atoms with Crippen LogP contribution in [0.25, 0.3) is 11.2 Å². The lowest BCUT2D eigenvalue weighted by atomic mass is 10.2. The highest BCUT2D eigenvalue weighted by molar-refractivity contribution is 6.32. The van der Waals surface area contributed by atoms with Crippen molar-refractivity contribution in [1.29, 1.82) is 0 Å². The predicted molar refractivity (Wildman–Crippen MR) is 84.2 cm³/mol. The van der Waals surface area contributed by atoms with Crippen LogP contribution in [-0.4, -0.2) is 31.1 Å². The summed E-state index contributed by atoms with van der Waals surface area (Å²) in [5.74, 6) is -3.22. The van der Waals surface area contributed by atoms with Crippen LogP contribution in [-0.2, 0) is 11.0 Å². The second-order valence-electron chi connectivity index (χ2n) is 5.43. The summed E-state index contributed by atoms with van der Waals surface area (Å²) in [6.45, 7) is 1.36. The number of carboxylic acids is 1. The highest BCUT2D eigenvalue weighted by atomic mass is 35.5.